The standard InChI is InChI=1S/C12H16N4O4S/c1-21(19,20)16-9-4-2-8(3-5-9)15-12(18)10-6-14-11(17)7-13-10/h2-5,10,13,16H,6-7H2,1H3,(H,14,17)(H,15,18). The maximum Gasteiger partial charge on any atom is 0.243 e. The predicted octanol–water partition coefficient (Wildman–Crippen LogP) is -0.915. The van der Waals surface area contributed by atoms with E-state index in [1.807, 2.05) is 0 Å². The Balaban J connectivity index is 1.94. The normalized spacial score (nSPS) is 18.7. The number of benzene rings is 1. The van der Waals surface area contributed by atoms with Crippen LogP contribution < -0.4 is 20.7 Å². The van der Waals surface area contributed by atoms with Crippen molar-refractivity contribution in [2.75, 3.05) is 29.4 Å². The first-order valence-corrected chi connectivity index (χ1v) is 8.11. The first-order valence-electron chi connectivity index (χ1n) is 6.22. The Morgan fingerprint density at radius 2 is 1.86 bits per heavy atom. The highest BCUT2D eigenvalue weighted by Gasteiger charge is 2.23. The summed E-state index contributed by atoms with van der Waals surface area (Å²) in [4.78, 5) is 22.9. The summed E-state index contributed by atoms with van der Waals surface area (Å²) in [5.74, 6) is -0.408. The van der Waals surface area contributed by atoms with Gasteiger partial charge in [-0.3, -0.25) is 19.6 Å². The summed E-state index contributed by atoms with van der Waals surface area (Å²) in [6, 6.07) is 5.79. The number of nitrogens with one attached hydrogen (secondary N) is 4. The molecule has 8 nitrogen and oxygen atoms in total. The molecule has 9 heteroatoms. The second kappa shape index (κ2) is 6.10. The molecular formula is C12H16N4O4S. The Morgan fingerprint density at radius 3 is 2.38 bits per heavy atom. The van der Waals surface area contributed by atoms with Crippen LogP contribution in [0.25, 0.3) is 0 Å². The van der Waals surface area contributed by atoms with Crippen molar-refractivity contribution in [1.82, 2.24) is 10.6 Å². The maximum atomic E-state index is 12.0. The SMILES string of the molecule is CS(=O)(=O)Nc1ccc(NC(=O)C2CNC(=O)CN2)cc1. The lowest BCUT2D eigenvalue weighted by Crippen LogP contribution is -2.56. The Bertz CT molecular complexity index is 632. The molecule has 1 aliphatic rings. The van der Waals surface area contributed by atoms with Crippen molar-refractivity contribution < 1.29 is 18.0 Å². The average molecular weight is 312 g/mol. The number of amides is 2. The summed E-state index contributed by atoms with van der Waals surface area (Å²) in [6.07, 6.45) is 1.06. The van der Waals surface area contributed by atoms with Crippen molar-refractivity contribution in [3.63, 3.8) is 0 Å². The zero-order valence-corrected chi connectivity index (χ0v) is 12.2. The van der Waals surface area contributed by atoms with Gasteiger partial charge in [-0.1, -0.05) is 0 Å². The lowest BCUT2D eigenvalue weighted by Gasteiger charge is -2.23. The zero-order valence-electron chi connectivity index (χ0n) is 11.3. The molecule has 1 heterocycles. The Hall–Kier alpha value is -2.13. The van der Waals surface area contributed by atoms with Gasteiger partial charge in [0.25, 0.3) is 0 Å². The summed E-state index contributed by atoms with van der Waals surface area (Å²) in [7, 11) is -3.32. The van der Waals surface area contributed by atoms with Crippen LogP contribution in [0.3, 0.4) is 0 Å². The van der Waals surface area contributed by atoms with E-state index in [-0.39, 0.29) is 24.9 Å². The van der Waals surface area contributed by atoms with Crippen molar-refractivity contribution in [1.29, 1.82) is 0 Å². The number of rotatable bonds is 4. The molecule has 114 valence electrons. The number of hydrogen-bond acceptors (Lipinski definition) is 5. The molecule has 1 aromatic carbocycles. The van der Waals surface area contributed by atoms with Crippen molar-refractivity contribution in [2.45, 2.75) is 6.04 Å². The van der Waals surface area contributed by atoms with E-state index in [4.69, 9.17) is 0 Å². The molecule has 1 unspecified atom stereocenters. The third-order valence-electron chi connectivity index (χ3n) is 2.78. The van der Waals surface area contributed by atoms with Crippen LogP contribution in [0.2, 0.25) is 0 Å². The molecule has 1 saturated heterocycles. The molecule has 21 heavy (non-hydrogen) atoms. The highest BCUT2D eigenvalue weighted by molar-refractivity contribution is 7.92. The van der Waals surface area contributed by atoms with E-state index in [2.05, 4.69) is 20.7 Å². The topological polar surface area (TPSA) is 116 Å². The van der Waals surface area contributed by atoms with Gasteiger partial charge in [-0.15, -0.1) is 0 Å². The molecule has 0 bridgehead atoms. The van der Waals surface area contributed by atoms with E-state index in [9.17, 15) is 18.0 Å². The van der Waals surface area contributed by atoms with Gasteiger partial charge in [0.1, 0.15) is 6.04 Å². The van der Waals surface area contributed by atoms with E-state index < -0.39 is 16.1 Å². The number of carbonyl (C=O) groups is 2. The minimum absolute atomic E-state index is 0.106. The van der Waals surface area contributed by atoms with Gasteiger partial charge in [-0.05, 0) is 24.3 Å². The van der Waals surface area contributed by atoms with Crippen LogP contribution in [-0.4, -0.2) is 45.6 Å². The maximum absolute atomic E-state index is 12.0. The van der Waals surface area contributed by atoms with Gasteiger partial charge in [0.2, 0.25) is 21.8 Å². The van der Waals surface area contributed by atoms with Gasteiger partial charge >= 0.3 is 0 Å². The van der Waals surface area contributed by atoms with Crippen LogP contribution in [0.5, 0.6) is 0 Å². The predicted molar refractivity (Wildman–Crippen MR) is 78.3 cm³/mol. The number of hydrogen-bond donors (Lipinski definition) is 4. The minimum atomic E-state index is -3.32. The van der Waals surface area contributed by atoms with Crippen molar-refractivity contribution in [2.24, 2.45) is 0 Å². The van der Waals surface area contributed by atoms with Crippen molar-refractivity contribution in [3.8, 4) is 0 Å². The summed E-state index contributed by atoms with van der Waals surface area (Å²) in [5, 5.41) is 8.10. The van der Waals surface area contributed by atoms with E-state index in [1.54, 1.807) is 24.3 Å². The third kappa shape index (κ3) is 4.72. The first-order chi connectivity index (χ1) is 9.83. The fourth-order valence-electron chi connectivity index (χ4n) is 1.82. The molecular weight excluding hydrogens is 296 g/mol. The Labute approximate surface area is 122 Å². The van der Waals surface area contributed by atoms with E-state index in [1.165, 1.54) is 0 Å². The van der Waals surface area contributed by atoms with Gasteiger partial charge in [-0.2, -0.15) is 0 Å². The molecule has 1 atom stereocenters. The smallest absolute Gasteiger partial charge is 0.243 e. The lowest BCUT2D eigenvalue weighted by molar-refractivity contribution is -0.124. The monoisotopic (exact) mass is 312 g/mol. The van der Waals surface area contributed by atoms with Gasteiger partial charge < -0.3 is 10.6 Å². The number of piperazine rings is 1. The zero-order chi connectivity index (χ0) is 15.5. The second-order valence-corrected chi connectivity index (χ2v) is 6.43. The second-order valence-electron chi connectivity index (χ2n) is 4.68. The molecule has 1 aromatic rings. The molecule has 2 amide bonds. The minimum Gasteiger partial charge on any atom is -0.353 e. The van der Waals surface area contributed by atoms with Gasteiger partial charge in [0.05, 0.1) is 12.8 Å². The molecule has 1 fully saturated rings. The van der Waals surface area contributed by atoms with Crippen LogP contribution >= 0.6 is 0 Å². The number of sulfonamides is 1. The highest BCUT2D eigenvalue weighted by Crippen LogP contribution is 2.14. The van der Waals surface area contributed by atoms with Gasteiger partial charge in [0.15, 0.2) is 0 Å². The first kappa shape index (κ1) is 15.3. The summed E-state index contributed by atoms with van der Waals surface area (Å²) in [5.41, 5.74) is 0.955. The van der Waals surface area contributed by atoms with E-state index in [0.717, 1.165) is 6.26 Å². The van der Waals surface area contributed by atoms with Gasteiger partial charge in [0, 0.05) is 17.9 Å². The number of anilines is 2. The van der Waals surface area contributed by atoms with Crippen molar-refractivity contribution in [3.05, 3.63) is 24.3 Å². The molecule has 0 spiro atoms. The van der Waals surface area contributed by atoms with Crippen LogP contribution in [0.4, 0.5) is 11.4 Å². The largest absolute Gasteiger partial charge is 0.353 e. The fourth-order valence-corrected chi connectivity index (χ4v) is 2.38. The molecule has 0 aromatic heterocycles. The van der Waals surface area contributed by atoms with Crippen LogP contribution in [-0.2, 0) is 19.6 Å². The van der Waals surface area contributed by atoms with Crippen LogP contribution in [0.15, 0.2) is 24.3 Å². The molecule has 0 aliphatic carbocycles. The average Bonchev–Trinajstić information content (AvgIpc) is 2.40. The Kier molecular flexibility index (Phi) is 4.43. The summed E-state index contributed by atoms with van der Waals surface area (Å²) in [6.45, 7) is 0.341. The van der Waals surface area contributed by atoms with Crippen LogP contribution in [0, 0.1) is 0 Å². The fraction of sp³-hybridized carbons (Fsp3) is 0.333. The highest BCUT2D eigenvalue weighted by atomic mass is 32.2. The van der Waals surface area contributed by atoms with Crippen molar-refractivity contribution >= 4 is 33.2 Å². The van der Waals surface area contributed by atoms with Gasteiger partial charge in [-0.25, -0.2) is 8.42 Å². The molecule has 2 rings (SSSR count). The molecule has 0 saturated carbocycles. The quantitative estimate of drug-likeness (QED) is 0.574. The molecule has 1 aliphatic heterocycles. The third-order valence-corrected chi connectivity index (χ3v) is 3.39. The Morgan fingerprint density at radius 1 is 1.24 bits per heavy atom. The molecule has 0 radical (unpaired) electrons. The summed E-state index contributed by atoms with van der Waals surface area (Å²) >= 11 is 0. The van der Waals surface area contributed by atoms with Crippen LogP contribution in [0.1, 0.15) is 0 Å². The van der Waals surface area contributed by atoms with E-state index >= 15 is 0 Å². The molecule has 4 N–H and O–H groups in total. The number of carbonyl (C=O) groups excluding carboxylic acids is 2. The van der Waals surface area contributed by atoms with E-state index in [0.29, 0.717) is 11.4 Å². The lowest BCUT2D eigenvalue weighted by atomic mass is 10.2. The summed E-state index contributed by atoms with van der Waals surface area (Å²) < 4.78 is 24.5.